The summed E-state index contributed by atoms with van der Waals surface area (Å²) in [5, 5.41) is 79.5. The summed E-state index contributed by atoms with van der Waals surface area (Å²) in [6, 6.07) is -0.661. The summed E-state index contributed by atoms with van der Waals surface area (Å²) in [7, 11) is 1.44. The van der Waals surface area contributed by atoms with Crippen LogP contribution in [-0.4, -0.2) is 147 Å². The first-order valence-electron chi connectivity index (χ1n) is 10.6. The van der Waals surface area contributed by atoms with E-state index in [9.17, 15) is 35.4 Å². The quantitative estimate of drug-likeness (QED) is 0.0751. The van der Waals surface area contributed by atoms with Gasteiger partial charge in [0.15, 0.2) is 0 Å². The smallest absolute Gasteiger partial charge is 0.236 e. The third-order valence-electron chi connectivity index (χ3n) is 5.09. The fourth-order valence-electron chi connectivity index (χ4n) is 3.06. The number of nitrogens with one attached hydrogen (secondary N) is 1. The van der Waals surface area contributed by atoms with Crippen LogP contribution in [0.3, 0.4) is 0 Å². The Balaban J connectivity index is 4.82. The average Bonchev–Trinajstić information content (AvgIpc) is 2.77. The van der Waals surface area contributed by atoms with E-state index in [0.717, 1.165) is 0 Å². The lowest BCUT2D eigenvalue weighted by Gasteiger charge is -2.31. The Hall–Kier alpha value is -0.970. The van der Waals surface area contributed by atoms with Crippen LogP contribution in [0.4, 0.5) is 0 Å². The van der Waals surface area contributed by atoms with Crippen LogP contribution < -0.4 is 11.1 Å². The second-order valence-corrected chi connectivity index (χ2v) is 7.78. The van der Waals surface area contributed by atoms with E-state index in [1.807, 2.05) is 0 Å². The van der Waals surface area contributed by atoms with Crippen LogP contribution in [0.2, 0.25) is 0 Å². The molecule has 0 saturated heterocycles. The molecule has 0 fully saturated rings. The second kappa shape index (κ2) is 17.5. The van der Waals surface area contributed by atoms with Gasteiger partial charge >= 0.3 is 0 Å². The Morgan fingerprint density at radius 2 is 1.47 bits per heavy atom. The van der Waals surface area contributed by atoms with Crippen molar-refractivity contribution in [2.45, 2.75) is 61.9 Å². The van der Waals surface area contributed by atoms with E-state index in [2.05, 4.69) is 5.32 Å². The van der Waals surface area contributed by atoms with Gasteiger partial charge in [-0.15, -0.1) is 0 Å². The molecule has 0 aliphatic heterocycles. The lowest BCUT2D eigenvalue weighted by atomic mass is 10.0. The molecule has 1 amide bonds. The summed E-state index contributed by atoms with van der Waals surface area (Å²) < 4.78 is 4.92. The van der Waals surface area contributed by atoms with Gasteiger partial charge in [0.05, 0.1) is 32.0 Å². The zero-order valence-electron chi connectivity index (χ0n) is 18.5. The molecule has 192 valence electrons. The number of nitrogens with zero attached hydrogens (tertiary/aromatic N) is 1. The largest absolute Gasteiger partial charge is 0.394 e. The van der Waals surface area contributed by atoms with E-state index in [0.29, 0.717) is 32.5 Å². The minimum absolute atomic E-state index is 0.0909. The van der Waals surface area contributed by atoms with Crippen LogP contribution in [-0.2, 0) is 9.53 Å². The Morgan fingerprint density at radius 1 is 0.906 bits per heavy atom. The van der Waals surface area contributed by atoms with Gasteiger partial charge in [-0.3, -0.25) is 4.79 Å². The molecule has 0 aromatic carbocycles. The first-order chi connectivity index (χ1) is 15.1. The van der Waals surface area contributed by atoms with E-state index in [1.165, 1.54) is 7.11 Å². The molecule has 0 saturated carbocycles. The number of hydrogen-bond donors (Lipinski definition) is 10. The van der Waals surface area contributed by atoms with Crippen molar-refractivity contribution in [1.29, 1.82) is 0 Å². The van der Waals surface area contributed by atoms with Crippen molar-refractivity contribution in [3.05, 3.63) is 0 Å². The van der Waals surface area contributed by atoms with Crippen LogP contribution in [0.5, 0.6) is 0 Å². The minimum Gasteiger partial charge on any atom is -0.394 e. The van der Waals surface area contributed by atoms with E-state index < -0.39 is 61.8 Å². The molecule has 13 nitrogen and oxygen atoms in total. The molecule has 7 atom stereocenters. The highest BCUT2D eigenvalue weighted by Gasteiger charge is 2.31. The summed E-state index contributed by atoms with van der Waals surface area (Å²) in [5.41, 5.74) is 5.28. The first kappa shape index (κ1) is 31.0. The predicted molar refractivity (Wildman–Crippen MR) is 113 cm³/mol. The van der Waals surface area contributed by atoms with Crippen molar-refractivity contribution in [3.63, 3.8) is 0 Å². The highest BCUT2D eigenvalue weighted by molar-refractivity contribution is 5.79. The van der Waals surface area contributed by atoms with Gasteiger partial charge < -0.3 is 61.5 Å². The molecular weight excluding hydrogens is 430 g/mol. The van der Waals surface area contributed by atoms with Crippen LogP contribution in [0.15, 0.2) is 0 Å². The molecule has 0 aliphatic rings. The molecule has 0 aliphatic carbocycles. The highest BCUT2D eigenvalue weighted by atomic mass is 16.5. The number of amides is 1. The zero-order chi connectivity index (χ0) is 24.7. The van der Waals surface area contributed by atoms with Crippen molar-refractivity contribution in [3.8, 4) is 0 Å². The van der Waals surface area contributed by atoms with Crippen molar-refractivity contribution in [2.24, 2.45) is 5.73 Å². The number of nitrogens with two attached hydrogens (primary N) is 1. The number of ether oxygens (including phenoxy) is 1. The van der Waals surface area contributed by atoms with Gasteiger partial charge in [-0.1, -0.05) is 0 Å². The standard InChI is InChI=1S/C19H41N3O10/c1-32-11-12(19(20)31)21-5-3-7-22(6-2-4-13(25)15(27)9-23)8-14(26)17(29)18(30)16(28)10-24/h12-18,21,23-30H,2-11H2,1H3,(H2,20,31)/t12-,13-,14-,15+,16+,17+,18+/m0/s1. The summed E-state index contributed by atoms with van der Waals surface area (Å²) >= 11 is 0. The monoisotopic (exact) mass is 471 g/mol. The van der Waals surface area contributed by atoms with Crippen LogP contribution >= 0.6 is 0 Å². The topological polar surface area (TPSA) is 229 Å². The molecule has 0 heterocycles. The second-order valence-electron chi connectivity index (χ2n) is 7.78. The minimum atomic E-state index is -1.74. The zero-order valence-corrected chi connectivity index (χ0v) is 18.5. The lowest BCUT2D eigenvalue weighted by Crippen LogP contribution is -2.50. The number of methoxy groups -OCH3 is 1. The van der Waals surface area contributed by atoms with Crippen molar-refractivity contribution in [1.82, 2.24) is 10.2 Å². The van der Waals surface area contributed by atoms with Gasteiger partial charge in [0.1, 0.15) is 30.5 Å². The summed E-state index contributed by atoms with van der Waals surface area (Å²) in [6.07, 6.45) is -7.81. The predicted octanol–water partition coefficient (Wildman–Crippen LogP) is -5.30. The maximum Gasteiger partial charge on any atom is 0.236 e. The molecule has 0 aromatic rings. The Morgan fingerprint density at radius 3 is 2.00 bits per heavy atom. The van der Waals surface area contributed by atoms with E-state index in [4.69, 9.17) is 20.7 Å². The van der Waals surface area contributed by atoms with Crippen LogP contribution in [0.1, 0.15) is 19.3 Å². The van der Waals surface area contributed by atoms with Crippen molar-refractivity contribution >= 4 is 5.91 Å². The van der Waals surface area contributed by atoms with Crippen LogP contribution in [0, 0.1) is 0 Å². The third-order valence-corrected chi connectivity index (χ3v) is 5.09. The van der Waals surface area contributed by atoms with E-state index >= 15 is 0 Å². The van der Waals surface area contributed by atoms with Crippen LogP contribution in [0.25, 0.3) is 0 Å². The van der Waals surface area contributed by atoms with Crippen molar-refractivity contribution < 1.29 is 50.4 Å². The maximum atomic E-state index is 11.4. The van der Waals surface area contributed by atoms with Gasteiger partial charge in [0.25, 0.3) is 0 Å². The third kappa shape index (κ3) is 12.3. The lowest BCUT2D eigenvalue weighted by molar-refractivity contribution is -0.121. The number of aliphatic hydroxyl groups excluding tert-OH is 8. The summed E-state index contributed by atoms with van der Waals surface area (Å²) in [6.45, 7) is -0.208. The Labute approximate surface area is 188 Å². The molecule has 13 heteroatoms. The molecule has 0 radical (unpaired) electrons. The van der Waals surface area contributed by atoms with E-state index in [-0.39, 0.29) is 19.6 Å². The number of carbonyl (C=O) groups is 1. The first-order valence-corrected chi connectivity index (χ1v) is 10.6. The molecule has 0 spiro atoms. The van der Waals surface area contributed by atoms with Gasteiger partial charge in [-0.2, -0.15) is 0 Å². The molecule has 0 unspecified atom stereocenters. The summed E-state index contributed by atoms with van der Waals surface area (Å²) in [5.74, 6) is -0.560. The molecule has 0 bridgehead atoms. The van der Waals surface area contributed by atoms with Gasteiger partial charge in [-0.25, -0.2) is 0 Å². The highest BCUT2D eigenvalue weighted by Crippen LogP contribution is 2.10. The van der Waals surface area contributed by atoms with E-state index in [1.54, 1.807) is 4.90 Å². The molecule has 11 N–H and O–H groups in total. The molecule has 32 heavy (non-hydrogen) atoms. The fourth-order valence-corrected chi connectivity index (χ4v) is 3.06. The summed E-state index contributed by atoms with van der Waals surface area (Å²) in [4.78, 5) is 13.1. The Bertz CT molecular complexity index is 490. The molecule has 0 aromatic heterocycles. The van der Waals surface area contributed by atoms with Gasteiger partial charge in [-0.05, 0) is 38.9 Å². The average molecular weight is 472 g/mol. The molecule has 0 rings (SSSR count). The Kier molecular flexibility index (Phi) is 17.0. The normalized spacial score (nSPS) is 18.7. The van der Waals surface area contributed by atoms with Gasteiger partial charge in [0, 0.05) is 13.7 Å². The molecular formula is C19H41N3O10. The number of primary amides is 1. The SMILES string of the molecule is COC[C@H](NCCCN(CCC[C@H](O)[C@H](O)CO)C[C@H](O)[C@@H](O)[C@H](O)[C@H](O)CO)C(N)=O. The number of rotatable bonds is 20. The fraction of sp³-hybridized carbons (Fsp3) is 0.947. The van der Waals surface area contributed by atoms with Crippen molar-refractivity contribution in [2.75, 3.05) is 53.1 Å². The number of hydrogen-bond acceptors (Lipinski definition) is 12. The number of carbonyl (C=O) groups excluding carboxylic acids is 1. The number of aliphatic hydroxyl groups is 8. The maximum absolute atomic E-state index is 11.4. The van der Waals surface area contributed by atoms with Gasteiger partial charge in [0.2, 0.25) is 5.91 Å².